The Balaban J connectivity index is 1.32. The van der Waals surface area contributed by atoms with Crippen molar-refractivity contribution < 1.29 is 9.53 Å². The third-order valence-corrected chi connectivity index (χ3v) is 7.82. The van der Waals surface area contributed by atoms with Crippen LogP contribution in [0.25, 0.3) is 21.9 Å². The number of benzene rings is 3. The molecule has 0 atom stereocenters. The maximum atomic E-state index is 14.0. The number of para-hydroxylation sites is 2. The van der Waals surface area contributed by atoms with Crippen molar-refractivity contribution in [2.75, 3.05) is 19.7 Å². The van der Waals surface area contributed by atoms with Crippen LogP contribution in [0.15, 0.2) is 77.6 Å². The number of likely N-dealkylation sites (tertiary alicyclic amines) is 1. The number of carbonyl (C=O) groups is 1. The Hall–Kier alpha value is -3.97. The van der Waals surface area contributed by atoms with E-state index in [1.54, 1.807) is 0 Å². The van der Waals surface area contributed by atoms with Gasteiger partial charge in [0.2, 0.25) is 0 Å². The Labute approximate surface area is 225 Å². The molecule has 6 rings (SSSR count). The van der Waals surface area contributed by atoms with Crippen LogP contribution >= 0.6 is 11.6 Å². The lowest BCUT2D eigenvalue weighted by atomic mass is 10.0. The molecule has 0 bridgehead atoms. The molecule has 3 aromatic carbocycles. The molecule has 0 radical (unpaired) electrons. The van der Waals surface area contributed by atoms with Gasteiger partial charge in [-0.25, -0.2) is 4.79 Å². The third-order valence-electron chi connectivity index (χ3n) is 7.45. The number of aromatic nitrogens is 3. The van der Waals surface area contributed by atoms with E-state index in [0.29, 0.717) is 49.8 Å². The number of nitrogens with zero attached hydrogens (tertiary/aromatic N) is 3. The minimum absolute atomic E-state index is 0.0274. The van der Waals surface area contributed by atoms with Gasteiger partial charge in [0.25, 0.3) is 5.91 Å². The summed E-state index contributed by atoms with van der Waals surface area (Å²) < 4.78 is 9.78. The van der Waals surface area contributed by atoms with Crippen LogP contribution in [0.5, 0.6) is 5.75 Å². The molecule has 3 heterocycles. The maximum absolute atomic E-state index is 14.0. The lowest BCUT2D eigenvalue weighted by Crippen LogP contribution is -2.41. The van der Waals surface area contributed by atoms with Crippen LogP contribution in [-0.4, -0.2) is 44.6 Å². The predicted molar refractivity (Wildman–Crippen MR) is 150 cm³/mol. The van der Waals surface area contributed by atoms with Gasteiger partial charge >= 0.3 is 5.69 Å². The standard InChI is InChI=1S/C30H29ClN4O3/c1-2-38-28-13-7-12-25-22(28)18-27(34(25)19-20-8-3-4-9-23(20)31)29(36)33-16-14-21(15-17-33)35-26-11-6-5-10-24(26)32-30(35)37/h3-13,18,21H,2,14-17,19H2,1H3,(H,32,37). The number of halogens is 1. The average molecular weight is 529 g/mol. The monoisotopic (exact) mass is 528 g/mol. The fourth-order valence-electron chi connectivity index (χ4n) is 5.61. The highest BCUT2D eigenvalue weighted by atomic mass is 35.5. The molecule has 1 aliphatic rings. The van der Waals surface area contributed by atoms with E-state index in [9.17, 15) is 9.59 Å². The van der Waals surface area contributed by atoms with Gasteiger partial charge in [0.15, 0.2) is 0 Å². The van der Waals surface area contributed by atoms with Gasteiger partial charge in [-0.15, -0.1) is 0 Å². The number of piperidine rings is 1. The van der Waals surface area contributed by atoms with Crippen molar-refractivity contribution in [3.05, 3.63) is 99.6 Å². The SMILES string of the molecule is CCOc1cccc2c1cc(C(=O)N1CCC(n3c(=O)[nH]c4ccccc43)CC1)n2Cc1ccccc1Cl. The summed E-state index contributed by atoms with van der Waals surface area (Å²) in [5.74, 6) is 0.731. The largest absolute Gasteiger partial charge is 0.493 e. The smallest absolute Gasteiger partial charge is 0.326 e. The predicted octanol–water partition coefficient (Wildman–Crippen LogP) is 5.86. The van der Waals surface area contributed by atoms with Crippen LogP contribution in [0, 0.1) is 0 Å². The van der Waals surface area contributed by atoms with E-state index in [1.165, 1.54) is 0 Å². The van der Waals surface area contributed by atoms with Crippen molar-refractivity contribution in [2.24, 2.45) is 0 Å². The topological polar surface area (TPSA) is 72.3 Å². The number of ether oxygens (including phenoxy) is 1. The Morgan fingerprint density at radius 1 is 1.00 bits per heavy atom. The lowest BCUT2D eigenvalue weighted by molar-refractivity contribution is 0.0685. The second-order valence-electron chi connectivity index (χ2n) is 9.67. The molecule has 1 saturated heterocycles. The van der Waals surface area contributed by atoms with Crippen LogP contribution in [0.4, 0.5) is 0 Å². The van der Waals surface area contributed by atoms with Crippen LogP contribution in [0.1, 0.15) is 41.9 Å². The van der Waals surface area contributed by atoms with E-state index in [4.69, 9.17) is 16.3 Å². The van der Waals surface area contributed by atoms with Gasteiger partial charge in [-0.2, -0.15) is 0 Å². The van der Waals surface area contributed by atoms with E-state index in [-0.39, 0.29) is 17.6 Å². The van der Waals surface area contributed by atoms with E-state index in [1.807, 2.05) is 93.8 Å². The third kappa shape index (κ3) is 4.27. The van der Waals surface area contributed by atoms with Gasteiger partial charge in [0.05, 0.1) is 23.2 Å². The van der Waals surface area contributed by atoms with Gasteiger partial charge in [-0.05, 0) is 61.7 Å². The summed E-state index contributed by atoms with van der Waals surface area (Å²) in [6.45, 7) is 4.11. The minimum Gasteiger partial charge on any atom is -0.493 e. The molecule has 1 fully saturated rings. The van der Waals surface area contributed by atoms with Crippen LogP contribution in [0.3, 0.4) is 0 Å². The summed E-state index contributed by atoms with van der Waals surface area (Å²) in [7, 11) is 0. The first-order valence-corrected chi connectivity index (χ1v) is 13.4. The van der Waals surface area contributed by atoms with Gasteiger partial charge in [-0.3, -0.25) is 9.36 Å². The maximum Gasteiger partial charge on any atom is 0.326 e. The highest BCUT2D eigenvalue weighted by Crippen LogP contribution is 2.32. The molecule has 1 aliphatic heterocycles. The summed E-state index contributed by atoms with van der Waals surface area (Å²) in [4.78, 5) is 31.5. The quantitative estimate of drug-likeness (QED) is 0.300. The molecule has 194 valence electrons. The first-order chi connectivity index (χ1) is 18.5. The fourth-order valence-corrected chi connectivity index (χ4v) is 5.80. The van der Waals surface area contributed by atoms with Crippen molar-refractivity contribution in [2.45, 2.75) is 32.4 Å². The van der Waals surface area contributed by atoms with Crippen LogP contribution in [-0.2, 0) is 6.54 Å². The first-order valence-electron chi connectivity index (χ1n) is 13.0. The molecule has 2 aromatic heterocycles. The van der Waals surface area contributed by atoms with Gasteiger partial charge in [0.1, 0.15) is 11.4 Å². The fraction of sp³-hybridized carbons (Fsp3) is 0.267. The summed E-state index contributed by atoms with van der Waals surface area (Å²) >= 11 is 6.51. The van der Waals surface area contributed by atoms with Crippen molar-refractivity contribution in [1.29, 1.82) is 0 Å². The Kier molecular flexibility index (Phi) is 6.45. The number of carbonyl (C=O) groups excluding carboxylic acids is 1. The minimum atomic E-state index is -0.0979. The second-order valence-corrected chi connectivity index (χ2v) is 10.1. The number of amides is 1. The molecule has 38 heavy (non-hydrogen) atoms. The Morgan fingerprint density at radius 3 is 2.53 bits per heavy atom. The number of H-pyrrole nitrogens is 1. The lowest BCUT2D eigenvalue weighted by Gasteiger charge is -2.32. The summed E-state index contributed by atoms with van der Waals surface area (Å²) in [6.07, 6.45) is 1.42. The molecule has 0 aliphatic carbocycles. The molecular formula is C30H29ClN4O3. The van der Waals surface area contributed by atoms with E-state index < -0.39 is 0 Å². The van der Waals surface area contributed by atoms with Crippen LogP contribution < -0.4 is 10.4 Å². The number of rotatable bonds is 6. The van der Waals surface area contributed by atoms with Crippen molar-refractivity contribution in [1.82, 2.24) is 19.0 Å². The highest BCUT2D eigenvalue weighted by molar-refractivity contribution is 6.31. The molecule has 1 N–H and O–H groups in total. The average Bonchev–Trinajstić information content (AvgIpc) is 3.47. The Morgan fingerprint density at radius 2 is 1.74 bits per heavy atom. The van der Waals surface area contributed by atoms with Crippen LogP contribution in [0.2, 0.25) is 5.02 Å². The molecular weight excluding hydrogens is 500 g/mol. The van der Waals surface area contributed by atoms with E-state index >= 15 is 0 Å². The number of fused-ring (bicyclic) bond motifs is 2. The summed E-state index contributed by atoms with van der Waals surface area (Å²) in [5, 5.41) is 1.57. The number of imidazole rings is 1. The zero-order valence-electron chi connectivity index (χ0n) is 21.2. The number of aromatic amines is 1. The number of hydrogen-bond donors (Lipinski definition) is 1. The summed E-state index contributed by atoms with van der Waals surface area (Å²) in [6, 6.07) is 23.3. The second kappa shape index (κ2) is 10.1. The van der Waals surface area contributed by atoms with E-state index in [0.717, 1.165) is 33.2 Å². The zero-order chi connectivity index (χ0) is 26.2. The molecule has 7 nitrogen and oxygen atoms in total. The molecule has 0 saturated carbocycles. The van der Waals surface area contributed by atoms with Crippen molar-refractivity contribution in [3.63, 3.8) is 0 Å². The molecule has 8 heteroatoms. The van der Waals surface area contributed by atoms with Crippen molar-refractivity contribution >= 4 is 39.4 Å². The summed E-state index contributed by atoms with van der Waals surface area (Å²) in [5.41, 5.74) is 4.13. The normalized spacial score (nSPS) is 14.4. The molecule has 5 aromatic rings. The number of nitrogens with one attached hydrogen (secondary N) is 1. The van der Waals surface area contributed by atoms with E-state index in [2.05, 4.69) is 4.98 Å². The van der Waals surface area contributed by atoms with Gasteiger partial charge in [0, 0.05) is 36.1 Å². The molecule has 1 amide bonds. The molecule has 0 unspecified atom stereocenters. The van der Waals surface area contributed by atoms with Crippen molar-refractivity contribution in [3.8, 4) is 5.75 Å². The number of hydrogen-bond acceptors (Lipinski definition) is 3. The first kappa shape index (κ1) is 24.4. The van der Waals surface area contributed by atoms with Gasteiger partial charge < -0.3 is 19.2 Å². The van der Waals surface area contributed by atoms with Gasteiger partial charge in [-0.1, -0.05) is 48.0 Å². The highest BCUT2D eigenvalue weighted by Gasteiger charge is 2.29. The molecule has 0 spiro atoms. The zero-order valence-corrected chi connectivity index (χ0v) is 21.9. The Bertz CT molecular complexity index is 1690.